The Morgan fingerprint density at radius 2 is 2.05 bits per heavy atom. The van der Waals surface area contributed by atoms with Gasteiger partial charge in [-0.2, -0.15) is 11.8 Å². The van der Waals surface area contributed by atoms with Crippen molar-refractivity contribution in [2.45, 2.75) is 39.2 Å². The van der Waals surface area contributed by atoms with Crippen LogP contribution >= 0.6 is 11.8 Å². The van der Waals surface area contributed by atoms with Gasteiger partial charge in [-0.3, -0.25) is 0 Å². The van der Waals surface area contributed by atoms with Gasteiger partial charge < -0.3 is 14.8 Å². The predicted octanol–water partition coefficient (Wildman–Crippen LogP) is 3.99. The Morgan fingerprint density at radius 3 is 2.85 bits per heavy atom. The third-order valence-corrected chi connectivity index (χ3v) is 4.51. The molecule has 1 heterocycles. The van der Waals surface area contributed by atoms with E-state index >= 15 is 0 Å². The van der Waals surface area contributed by atoms with E-state index in [0.29, 0.717) is 12.8 Å². The van der Waals surface area contributed by atoms with Crippen LogP contribution in [0, 0.1) is 0 Å². The number of hydrogen-bond acceptors (Lipinski definition) is 4. The average Bonchev–Trinajstić information content (AvgIpc) is 2.94. The smallest absolute Gasteiger partial charge is 0.231 e. The van der Waals surface area contributed by atoms with Gasteiger partial charge in [-0.1, -0.05) is 26.3 Å². The fraction of sp³-hybridized carbons (Fsp3) is 0.625. The molecule has 1 aromatic rings. The first-order valence-corrected chi connectivity index (χ1v) is 8.71. The van der Waals surface area contributed by atoms with E-state index in [1.807, 2.05) is 17.8 Å². The summed E-state index contributed by atoms with van der Waals surface area (Å²) in [6, 6.07) is 6.69. The van der Waals surface area contributed by atoms with Crippen LogP contribution in [0.1, 0.15) is 44.7 Å². The Bertz CT molecular complexity index is 411. The summed E-state index contributed by atoms with van der Waals surface area (Å²) in [5.74, 6) is 4.09. The molecule has 0 spiro atoms. The molecule has 0 radical (unpaired) electrons. The zero-order chi connectivity index (χ0) is 14.2. The number of benzene rings is 1. The summed E-state index contributed by atoms with van der Waals surface area (Å²) in [4.78, 5) is 0. The topological polar surface area (TPSA) is 30.5 Å². The van der Waals surface area contributed by atoms with Crippen LogP contribution in [0.3, 0.4) is 0 Å². The first kappa shape index (κ1) is 15.5. The number of nitrogens with one attached hydrogen (secondary N) is 1. The molecule has 1 unspecified atom stereocenters. The number of fused-ring (bicyclic) bond motifs is 1. The second kappa shape index (κ2) is 8.42. The second-order valence-corrected chi connectivity index (χ2v) is 6.20. The summed E-state index contributed by atoms with van der Waals surface area (Å²) in [5, 5.41) is 3.64. The number of ether oxygens (including phenoxy) is 2. The van der Waals surface area contributed by atoms with Gasteiger partial charge in [0.05, 0.1) is 0 Å². The van der Waals surface area contributed by atoms with Crippen LogP contribution in [0.25, 0.3) is 0 Å². The van der Waals surface area contributed by atoms with Crippen molar-refractivity contribution < 1.29 is 9.47 Å². The summed E-state index contributed by atoms with van der Waals surface area (Å²) in [7, 11) is 0. The highest BCUT2D eigenvalue weighted by atomic mass is 32.2. The maximum Gasteiger partial charge on any atom is 0.231 e. The first-order chi connectivity index (χ1) is 9.85. The van der Waals surface area contributed by atoms with E-state index in [1.165, 1.54) is 24.2 Å². The van der Waals surface area contributed by atoms with Crippen LogP contribution in [-0.4, -0.2) is 24.8 Å². The minimum absolute atomic E-state index is 0.344. The molecule has 1 atom stereocenters. The SMILES string of the molecule is CCCCSCC(NCCC)c1ccc2c(c1)OCO2. The van der Waals surface area contributed by atoms with Gasteiger partial charge in [0.1, 0.15) is 0 Å². The molecular formula is C16H25NO2S. The molecule has 0 bridgehead atoms. The Kier molecular flexibility index (Phi) is 6.54. The molecule has 112 valence electrons. The standard InChI is InChI=1S/C16H25NO2S/c1-3-5-9-20-11-14(17-8-4-2)13-6-7-15-16(10-13)19-12-18-15/h6-7,10,14,17H,3-5,8-9,11-12H2,1-2H3. The van der Waals surface area contributed by atoms with Crippen molar-refractivity contribution in [3.63, 3.8) is 0 Å². The largest absolute Gasteiger partial charge is 0.454 e. The van der Waals surface area contributed by atoms with E-state index in [-0.39, 0.29) is 0 Å². The van der Waals surface area contributed by atoms with Gasteiger partial charge in [0.15, 0.2) is 11.5 Å². The minimum atomic E-state index is 0.344. The van der Waals surface area contributed by atoms with Crippen molar-refractivity contribution in [1.82, 2.24) is 5.32 Å². The summed E-state index contributed by atoms with van der Waals surface area (Å²) in [6.07, 6.45) is 3.72. The second-order valence-electron chi connectivity index (χ2n) is 5.05. The third-order valence-electron chi connectivity index (χ3n) is 3.37. The zero-order valence-electron chi connectivity index (χ0n) is 12.5. The lowest BCUT2D eigenvalue weighted by Gasteiger charge is -2.19. The van der Waals surface area contributed by atoms with Crippen LogP contribution < -0.4 is 14.8 Å². The Morgan fingerprint density at radius 1 is 1.20 bits per heavy atom. The molecule has 2 rings (SSSR count). The molecule has 20 heavy (non-hydrogen) atoms. The van der Waals surface area contributed by atoms with Gasteiger partial charge >= 0.3 is 0 Å². The summed E-state index contributed by atoms with van der Waals surface area (Å²) >= 11 is 2.03. The van der Waals surface area contributed by atoms with Gasteiger partial charge in [0, 0.05) is 11.8 Å². The molecule has 1 N–H and O–H groups in total. The van der Waals surface area contributed by atoms with Crippen LogP contribution in [0.15, 0.2) is 18.2 Å². The molecule has 0 aliphatic carbocycles. The number of rotatable bonds is 9. The first-order valence-electron chi connectivity index (χ1n) is 7.55. The molecule has 1 aliphatic rings. The molecule has 1 aromatic carbocycles. The minimum Gasteiger partial charge on any atom is -0.454 e. The van der Waals surface area contributed by atoms with Crippen molar-refractivity contribution in [3.8, 4) is 11.5 Å². The molecule has 0 amide bonds. The van der Waals surface area contributed by atoms with Gasteiger partial charge in [-0.05, 0) is 42.8 Å². The van der Waals surface area contributed by atoms with Crippen molar-refractivity contribution in [3.05, 3.63) is 23.8 Å². The molecule has 0 aromatic heterocycles. The highest BCUT2D eigenvalue weighted by Crippen LogP contribution is 2.34. The van der Waals surface area contributed by atoms with Crippen LogP contribution in [0.5, 0.6) is 11.5 Å². The molecular weight excluding hydrogens is 270 g/mol. The highest BCUT2D eigenvalue weighted by molar-refractivity contribution is 7.99. The van der Waals surface area contributed by atoms with E-state index < -0.39 is 0 Å². The Hall–Kier alpha value is -0.870. The highest BCUT2D eigenvalue weighted by Gasteiger charge is 2.17. The number of thioether (sulfide) groups is 1. The van der Waals surface area contributed by atoms with Crippen LogP contribution in [-0.2, 0) is 0 Å². The summed E-state index contributed by atoms with van der Waals surface area (Å²) in [6.45, 7) is 5.84. The van der Waals surface area contributed by atoms with Gasteiger partial charge in [-0.25, -0.2) is 0 Å². The maximum absolute atomic E-state index is 5.48. The van der Waals surface area contributed by atoms with Crippen molar-refractivity contribution >= 4 is 11.8 Å². The quantitative estimate of drug-likeness (QED) is 0.698. The van der Waals surface area contributed by atoms with Gasteiger partial charge in [0.25, 0.3) is 0 Å². The maximum atomic E-state index is 5.48. The average molecular weight is 295 g/mol. The van der Waals surface area contributed by atoms with Gasteiger partial charge in [0.2, 0.25) is 6.79 Å². The molecule has 0 saturated carbocycles. The molecule has 0 fully saturated rings. The summed E-state index contributed by atoms with van der Waals surface area (Å²) < 4.78 is 10.9. The van der Waals surface area contributed by atoms with E-state index in [1.54, 1.807) is 0 Å². The van der Waals surface area contributed by atoms with Crippen molar-refractivity contribution in [2.24, 2.45) is 0 Å². The van der Waals surface area contributed by atoms with E-state index in [2.05, 4.69) is 31.3 Å². The molecule has 0 saturated heterocycles. The Balaban J connectivity index is 1.97. The molecule has 1 aliphatic heterocycles. The van der Waals surface area contributed by atoms with Crippen LogP contribution in [0.2, 0.25) is 0 Å². The van der Waals surface area contributed by atoms with Crippen molar-refractivity contribution in [2.75, 3.05) is 24.8 Å². The zero-order valence-corrected chi connectivity index (χ0v) is 13.3. The fourth-order valence-electron chi connectivity index (χ4n) is 2.17. The monoisotopic (exact) mass is 295 g/mol. The lowest BCUT2D eigenvalue weighted by molar-refractivity contribution is 0.174. The van der Waals surface area contributed by atoms with Gasteiger partial charge in [-0.15, -0.1) is 0 Å². The molecule has 3 nitrogen and oxygen atoms in total. The van der Waals surface area contributed by atoms with E-state index in [9.17, 15) is 0 Å². The van der Waals surface area contributed by atoms with Crippen molar-refractivity contribution in [1.29, 1.82) is 0 Å². The molecule has 4 heteroatoms. The fourth-order valence-corrected chi connectivity index (χ4v) is 3.37. The lowest BCUT2D eigenvalue weighted by Crippen LogP contribution is -2.24. The predicted molar refractivity (Wildman–Crippen MR) is 85.8 cm³/mol. The lowest BCUT2D eigenvalue weighted by atomic mass is 10.1. The third kappa shape index (κ3) is 4.32. The number of hydrogen-bond donors (Lipinski definition) is 1. The number of unbranched alkanes of at least 4 members (excludes halogenated alkanes) is 1. The normalized spacial score (nSPS) is 14.5. The van der Waals surface area contributed by atoms with Crippen LogP contribution in [0.4, 0.5) is 0 Å². The Labute approximate surface area is 126 Å². The van der Waals surface area contributed by atoms with E-state index in [4.69, 9.17) is 9.47 Å². The summed E-state index contributed by atoms with van der Waals surface area (Å²) in [5.41, 5.74) is 1.30. The van der Waals surface area contributed by atoms with E-state index in [0.717, 1.165) is 30.2 Å².